The monoisotopic (exact) mass is 399 g/mol. The van der Waals surface area contributed by atoms with Crippen molar-refractivity contribution in [1.29, 1.82) is 0 Å². The fourth-order valence-electron chi connectivity index (χ4n) is 2.28. The molecule has 0 aliphatic heterocycles. The molecule has 0 aliphatic rings. The number of nitrogens with zero attached hydrogens (tertiary/aromatic N) is 2. The second-order valence-electron chi connectivity index (χ2n) is 5.47. The molecule has 3 aromatic rings. The van der Waals surface area contributed by atoms with Crippen molar-refractivity contribution >= 4 is 34.8 Å². The van der Waals surface area contributed by atoms with E-state index in [0.29, 0.717) is 21.5 Å². The summed E-state index contributed by atoms with van der Waals surface area (Å²) in [6.45, 7) is -0.236. The van der Waals surface area contributed by atoms with Crippen molar-refractivity contribution < 1.29 is 9.53 Å². The van der Waals surface area contributed by atoms with Crippen LogP contribution in [0.4, 0.5) is 0 Å². The van der Waals surface area contributed by atoms with Gasteiger partial charge in [-0.05, 0) is 30.3 Å². The third-order valence-corrected chi connectivity index (χ3v) is 4.06. The lowest BCUT2D eigenvalue weighted by molar-refractivity contribution is -0.123. The van der Waals surface area contributed by atoms with Crippen LogP contribution in [-0.2, 0) is 4.79 Å². The number of ether oxygens (including phenoxy) is 1. The number of aromatic nitrogens is 1. The van der Waals surface area contributed by atoms with Gasteiger partial charge in [0.1, 0.15) is 5.75 Å². The van der Waals surface area contributed by atoms with Gasteiger partial charge in [0.05, 0.1) is 10.7 Å². The molecule has 136 valence electrons. The van der Waals surface area contributed by atoms with E-state index in [4.69, 9.17) is 27.9 Å². The van der Waals surface area contributed by atoms with Crippen LogP contribution in [0.1, 0.15) is 11.1 Å². The zero-order chi connectivity index (χ0) is 19.1. The zero-order valence-corrected chi connectivity index (χ0v) is 15.6. The number of pyridine rings is 1. The van der Waals surface area contributed by atoms with E-state index < -0.39 is 5.91 Å². The Kier molecular flexibility index (Phi) is 6.41. The van der Waals surface area contributed by atoms with Gasteiger partial charge in [-0.25, -0.2) is 5.43 Å². The SMILES string of the molecule is O=C(COc1ccc(Cl)cc1Cl)N/N=C(\c1ccccc1)c1cccnc1. The van der Waals surface area contributed by atoms with Crippen molar-refractivity contribution in [3.05, 3.63) is 94.2 Å². The first-order chi connectivity index (χ1) is 13.1. The van der Waals surface area contributed by atoms with E-state index in [1.807, 2.05) is 36.4 Å². The Labute approximate surface area is 166 Å². The molecule has 0 aliphatic carbocycles. The van der Waals surface area contributed by atoms with E-state index in [2.05, 4.69) is 15.5 Å². The molecular formula is C20H15Cl2N3O2. The topological polar surface area (TPSA) is 63.6 Å². The molecule has 0 radical (unpaired) electrons. The molecule has 0 spiro atoms. The molecule has 7 heteroatoms. The zero-order valence-electron chi connectivity index (χ0n) is 14.1. The van der Waals surface area contributed by atoms with Gasteiger partial charge in [-0.3, -0.25) is 9.78 Å². The quantitative estimate of drug-likeness (QED) is 0.495. The lowest BCUT2D eigenvalue weighted by atomic mass is 10.0. The standard InChI is InChI=1S/C20H15Cl2N3O2/c21-16-8-9-18(17(22)11-16)27-13-19(26)24-25-20(14-5-2-1-3-6-14)15-7-4-10-23-12-15/h1-12H,13H2,(H,24,26)/b25-20+. The van der Waals surface area contributed by atoms with Crippen molar-refractivity contribution in [2.24, 2.45) is 5.10 Å². The van der Waals surface area contributed by atoms with Crippen molar-refractivity contribution in [2.75, 3.05) is 6.61 Å². The second kappa shape index (κ2) is 9.16. The van der Waals surface area contributed by atoms with Gasteiger partial charge >= 0.3 is 0 Å². The highest BCUT2D eigenvalue weighted by Crippen LogP contribution is 2.27. The third kappa shape index (κ3) is 5.29. The highest BCUT2D eigenvalue weighted by molar-refractivity contribution is 6.35. The molecule has 0 unspecified atom stereocenters. The molecular weight excluding hydrogens is 385 g/mol. The number of carbonyl (C=O) groups excluding carboxylic acids is 1. The van der Waals surface area contributed by atoms with Crippen LogP contribution in [0.2, 0.25) is 10.0 Å². The summed E-state index contributed by atoms with van der Waals surface area (Å²) in [5, 5.41) is 5.08. The van der Waals surface area contributed by atoms with Gasteiger partial charge in [0.25, 0.3) is 5.91 Å². The van der Waals surface area contributed by atoms with Gasteiger partial charge in [0, 0.05) is 28.5 Å². The molecule has 0 atom stereocenters. The maximum Gasteiger partial charge on any atom is 0.277 e. The molecule has 0 bridgehead atoms. The van der Waals surface area contributed by atoms with Crippen LogP contribution in [0.5, 0.6) is 5.75 Å². The maximum atomic E-state index is 12.1. The molecule has 1 amide bonds. The number of hydrazone groups is 1. The molecule has 0 saturated heterocycles. The number of carbonyl (C=O) groups is 1. The van der Waals surface area contributed by atoms with Gasteiger partial charge in [0.15, 0.2) is 6.61 Å². The van der Waals surface area contributed by atoms with Crippen LogP contribution in [0.15, 0.2) is 78.2 Å². The fourth-order valence-corrected chi connectivity index (χ4v) is 2.74. The summed E-state index contributed by atoms with van der Waals surface area (Å²) in [5.41, 5.74) is 4.74. The van der Waals surface area contributed by atoms with Crippen LogP contribution >= 0.6 is 23.2 Å². The van der Waals surface area contributed by atoms with Crippen LogP contribution in [0, 0.1) is 0 Å². The van der Waals surface area contributed by atoms with Crippen LogP contribution < -0.4 is 10.2 Å². The first-order valence-corrected chi connectivity index (χ1v) is 8.79. The molecule has 2 aromatic carbocycles. The Morgan fingerprint density at radius 2 is 1.81 bits per heavy atom. The van der Waals surface area contributed by atoms with E-state index in [-0.39, 0.29) is 6.61 Å². The van der Waals surface area contributed by atoms with E-state index >= 15 is 0 Å². The molecule has 1 heterocycles. The van der Waals surface area contributed by atoms with Crippen LogP contribution in [0.3, 0.4) is 0 Å². The molecule has 3 rings (SSSR count). The second-order valence-corrected chi connectivity index (χ2v) is 6.31. The summed E-state index contributed by atoms with van der Waals surface area (Å²) < 4.78 is 5.41. The Morgan fingerprint density at radius 3 is 2.52 bits per heavy atom. The summed E-state index contributed by atoms with van der Waals surface area (Å²) in [4.78, 5) is 16.2. The number of benzene rings is 2. The predicted octanol–water partition coefficient (Wildman–Crippen LogP) is 4.34. The summed E-state index contributed by atoms with van der Waals surface area (Å²) in [6.07, 6.45) is 3.36. The molecule has 1 aromatic heterocycles. The van der Waals surface area contributed by atoms with Crippen LogP contribution in [0.25, 0.3) is 0 Å². The highest BCUT2D eigenvalue weighted by atomic mass is 35.5. The van der Waals surface area contributed by atoms with Crippen molar-refractivity contribution in [3.63, 3.8) is 0 Å². The largest absolute Gasteiger partial charge is 0.482 e. The minimum Gasteiger partial charge on any atom is -0.482 e. The average molecular weight is 400 g/mol. The first kappa shape index (κ1) is 18.9. The summed E-state index contributed by atoms with van der Waals surface area (Å²) in [5.74, 6) is -0.0472. The van der Waals surface area contributed by atoms with Gasteiger partial charge in [-0.15, -0.1) is 0 Å². The number of hydrogen-bond donors (Lipinski definition) is 1. The third-order valence-electron chi connectivity index (χ3n) is 3.53. The highest BCUT2D eigenvalue weighted by Gasteiger charge is 2.10. The van der Waals surface area contributed by atoms with E-state index in [0.717, 1.165) is 11.1 Å². The van der Waals surface area contributed by atoms with Gasteiger partial charge < -0.3 is 4.74 Å². The van der Waals surface area contributed by atoms with E-state index in [1.165, 1.54) is 0 Å². The van der Waals surface area contributed by atoms with Gasteiger partial charge in [0.2, 0.25) is 0 Å². The number of nitrogens with one attached hydrogen (secondary N) is 1. The summed E-state index contributed by atoms with van der Waals surface area (Å²) >= 11 is 11.9. The number of amides is 1. The molecule has 1 N–H and O–H groups in total. The van der Waals surface area contributed by atoms with Crippen LogP contribution in [-0.4, -0.2) is 23.2 Å². The Morgan fingerprint density at radius 1 is 1.04 bits per heavy atom. The molecule has 0 saturated carbocycles. The lowest BCUT2D eigenvalue weighted by Crippen LogP contribution is -2.26. The minimum atomic E-state index is -0.418. The minimum absolute atomic E-state index is 0.236. The fraction of sp³-hybridized carbons (Fsp3) is 0.0500. The first-order valence-electron chi connectivity index (χ1n) is 8.03. The molecule has 0 fully saturated rings. The lowest BCUT2D eigenvalue weighted by Gasteiger charge is -2.09. The predicted molar refractivity (Wildman–Crippen MR) is 106 cm³/mol. The number of hydrogen-bond acceptors (Lipinski definition) is 4. The Balaban J connectivity index is 1.71. The Hall–Kier alpha value is -2.89. The normalized spacial score (nSPS) is 11.1. The van der Waals surface area contributed by atoms with Crippen molar-refractivity contribution in [1.82, 2.24) is 10.4 Å². The van der Waals surface area contributed by atoms with Gasteiger partial charge in [-0.1, -0.05) is 53.5 Å². The molecule has 27 heavy (non-hydrogen) atoms. The van der Waals surface area contributed by atoms with E-state index in [9.17, 15) is 4.79 Å². The van der Waals surface area contributed by atoms with Crippen molar-refractivity contribution in [3.8, 4) is 5.75 Å². The Bertz CT molecular complexity index is 906. The summed E-state index contributed by atoms with van der Waals surface area (Å²) in [6, 6.07) is 18.0. The van der Waals surface area contributed by atoms with Crippen molar-refractivity contribution in [2.45, 2.75) is 0 Å². The summed E-state index contributed by atoms with van der Waals surface area (Å²) in [7, 11) is 0. The van der Waals surface area contributed by atoms with Gasteiger partial charge in [-0.2, -0.15) is 5.10 Å². The average Bonchev–Trinajstić information content (AvgIpc) is 2.69. The number of rotatable bonds is 6. The smallest absolute Gasteiger partial charge is 0.277 e. The molecule has 5 nitrogen and oxygen atoms in total. The van der Waals surface area contributed by atoms with E-state index in [1.54, 1.807) is 36.7 Å². The number of halogens is 2. The maximum absolute atomic E-state index is 12.1.